The van der Waals surface area contributed by atoms with E-state index >= 15 is 0 Å². The highest BCUT2D eigenvalue weighted by molar-refractivity contribution is 5.59. The van der Waals surface area contributed by atoms with Crippen LogP contribution in [-0.2, 0) is 12.7 Å². The molecule has 3 N–H and O–H groups in total. The highest BCUT2D eigenvalue weighted by Gasteiger charge is 2.69. The topological polar surface area (TPSA) is 91.4 Å². The molecule has 1 spiro atoms. The Labute approximate surface area is 205 Å². The molecular formula is C27H26F3N3O3. The Hall–Kier alpha value is -3.17. The van der Waals surface area contributed by atoms with Crippen LogP contribution in [0.5, 0.6) is 5.75 Å². The third-order valence-electron chi connectivity index (χ3n) is 8.84. The Kier molecular flexibility index (Phi) is 4.79. The molecule has 3 aliphatic rings. The molecule has 2 bridgehead atoms. The Morgan fingerprint density at radius 1 is 1.17 bits per heavy atom. The number of halogens is 3. The second kappa shape index (κ2) is 7.43. The molecule has 0 saturated heterocycles. The molecule has 1 heterocycles. The minimum atomic E-state index is -4.42. The SMILES string of the molecule is C=C1C(O)C23C[C@@]1(O)CC[C@H]2c1ccc(O)c(C)c1[C@@H]3Cn1cc(-c2ccc(C(F)(F)F)cc2)nn1. The number of rotatable bonds is 3. The molecule has 6 rings (SSSR count). The number of aliphatic hydroxyl groups is 2. The monoisotopic (exact) mass is 497 g/mol. The molecule has 2 unspecified atom stereocenters. The lowest BCUT2D eigenvalue weighted by molar-refractivity contribution is -0.137. The van der Waals surface area contributed by atoms with Crippen molar-refractivity contribution in [3.05, 3.63) is 77.0 Å². The average molecular weight is 498 g/mol. The molecule has 1 aromatic heterocycles. The van der Waals surface area contributed by atoms with Gasteiger partial charge in [0.25, 0.3) is 0 Å². The first-order valence-electron chi connectivity index (χ1n) is 12.0. The van der Waals surface area contributed by atoms with Gasteiger partial charge in [-0.25, -0.2) is 0 Å². The van der Waals surface area contributed by atoms with Crippen LogP contribution in [0.4, 0.5) is 13.2 Å². The number of phenols is 1. The summed E-state index contributed by atoms with van der Waals surface area (Å²) in [5.74, 6) is -0.128. The van der Waals surface area contributed by atoms with Crippen LogP contribution in [0.3, 0.4) is 0 Å². The van der Waals surface area contributed by atoms with Crippen LogP contribution in [-0.4, -0.2) is 42.0 Å². The zero-order valence-corrected chi connectivity index (χ0v) is 19.6. The van der Waals surface area contributed by atoms with Crippen molar-refractivity contribution in [1.29, 1.82) is 0 Å². The number of aromatic hydroxyl groups is 1. The van der Waals surface area contributed by atoms with Crippen LogP contribution < -0.4 is 0 Å². The van der Waals surface area contributed by atoms with Crippen molar-refractivity contribution in [2.24, 2.45) is 5.41 Å². The summed E-state index contributed by atoms with van der Waals surface area (Å²) in [5, 5.41) is 41.7. The Bertz CT molecular complexity index is 1380. The van der Waals surface area contributed by atoms with Gasteiger partial charge in [0.1, 0.15) is 11.4 Å². The zero-order valence-electron chi connectivity index (χ0n) is 19.6. The summed E-state index contributed by atoms with van der Waals surface area (Å²) in [7, 11) is 0. The molecule has 0 amide bonds. The van der Waals surface area contributed by atoms with Crippen molar-refractivity contribution in [2.75, 3.05) is 0 Å². The summed E-state index contributed by atoms with van der Waals surface area (Å²) in [5.41, 5.74) is 1.55. The van der Waals surface area contributed by atoms with Crippen LogP contribution in [0.1, 0.15) is 53.4 Å². The second-order valence-electron chi connectivity index (χ2n) is 10.5. The molecule has 2 fully saturated rings. The van der Waals surface area contributed by atoms with E-state index in [4.69, 9.17) is 0 Å². The number of hydrogen-bond donors (Lipinski definition) is 3. The maximum atomic E-state index is 12.9. The quantitative estimate of drug-likeness (QED) is 0.457. The summed E-state index contributed by atoms with van der Waals surface area (Å²) >= 11 is 0. The van der Waals surface area contributed by atoms with Gasteiger partial charge < -0.3 is 15.3 Å². The first kappa shape index (κ1) is 23.2. The van der Waals surface area contributed by atoms with Crippen molar-refractivity contribution < 1.29 is 28.5 Å². The van der Waals surface area contributed by atoms with E-state index in [1.54, 1.807) is 16.9 Å². The van der Waals surface area contributed by atoms with E-state index in [2.05, 4.69) is 16.9 Å². The fourth-order valence-corrected chi connectivity index (χ4v) is 7.08. The lowest BCUT2D eigenvalue weighted by Crippen LogP contribution is -2.42. The van der Waals surface area contributed by atoms with Crippen LogP contribution in [0.25, 0.3) is 11.3 Å². The van der Waals surface area contributed by atoms with Gasteiger partial charge in [0.05, 0.1) is 30.0 Å². The first-order chi connectivity index (χ1) is 17.0. The van der Waals surface area contributed by atoms with Crippen LogP contribution >= 0.6 is 0 Å². The molecule has 2 saturated carbocycles. The minimum Gasteiger partial charge on any atom is -0.508 e. The Balaban J connectivity index is 1.40. The molecule has 188 valence electrons. The van der Waals surface area contributed by atoms with Gasteiger partial charge in [-0.15, -0.1) is 5.10 Å². The summed E-state index contributed by atoms with van der Waals surface area (Å²) in [6, 6.07) is 8.35. The largest absolute Gasteiger partial charge is 0.508 e. The van der Waals surface area contributed by atoms with Gasteiger partial charge in [0.15, 0.2) is 0 Å². The van der Waals surface area contributed by atoms with Crippen LogP contribution in [0.15, 0.2) is 54.7 Å². The van der Waals surface area contributed by atoms with Crippen molar-refractivity contribution >= 4 is 0 Å². The molecule has 3 aromatic rings. The van der Waals surface area contributed by atoms with E-state index in [9.17, 15) is 28.5 Å². The first-order valence-corrected chi connectivity index (χ1v) is 12.0. The van der Waals surface area contributed by atoms with Crippen molar-refractivity contribution in [2.45, 2.75) is 62.4 Å². The Morgan fingerprint density at radius 2 is 1.89 bits per heavy atom. The lowest BCUT2D eigenvalue weighted by atomic mass is 9.62. The van der Waals surface area contributed by atoms with E-state index in [0.29, 0.717) is 42.6 Å². The van der Waals surface area contributed by atoms with E-state index < -0.39 is 28.9 Å². The van der Waals surface area contributed by atoms with E-state index in [1.807, 2.05) is 13.0 Å². The van der Waals surface area contributed by atoms with E-state index in [-0.39, 0.29) is 17.6 Å². The summed E-state index contributed by atoms with van der Waals surface area (Å²) in [4.78, 5) is 0. The molecular weight excluding hydrogens is 471 g/mol. The molecule has 6 nitrogen and oxygen atoms in total. The zero-order chi connectivity index (χ0) is 25.6. The van der Waals surface area contributed by atoms with Crippen molar-refractivity contribution in [3.63, 3.8) is 0 Å². The number of alkyl halides is 3. The molecule has 9 heteroatoms. The van der Waals surface area contributed by atoms with Crippen LogP contribution in [0, 0.1) is 12.3 Å². The number of benzene rings is 2. The van der Waals surface area contributed by atoms with Gasteiger partial charge in [-0.05, 0) is 72.6 Å². The summed E-state index contributed by atoms with van der Waals surface area (Å²) < 4.78 is 40.4. The third-order valence-corrected chi connectivity index (χ3v) is 8.84. The molecule has 2 aromatic carbocycles. The maximum absolute atomic E-state index is 12.9. The van der Waals surface area contributed by atoms with Crippen molar-refractivity contribution in [3.8, 4) is 17.0 Å². The normalized spacial score (nSPS) is 30.9. The summed E-state index contributed by atoms with van der Waals surface area (Å²) in [6.07, 6.45) is -2.09. The minimum absolute atomic E-state index is 0.00997. The fraction of sp³-hybridized carbons (Fsp3) is 0.407. The number of hydrogen-bond acceptors (Lipinski definition) is 5. The number of fused-ring (bicyclic) bond motifs is 3. The van der Waals surface area contributed by atoms with Gasteiger partial charge in [-0.2, -0.15) is 13.2 Å². The van der Waals surface area contributed by atoms with Gasteiger partial charge in [-0.1, -0.05) is 30.0 Å². The third kappa shape index (κ3) is 3.05. The highest BCUT2D eigenvalue weighted by atomic mass is 19.4. The number of aromatic nitrogens is 3. The maximum Gasteiger partial charge on any atom is 0.416 e. The standard InChI is InChI=1S/C27H26F3N3O3/c1-14-22(34)8-7-18-19-9-10-25(36)13-26(19,24(35)15(25)2)20(23(14)18)11-33-12-21(31-32-33)16-3-5-17(6-4-16)27(28,29)30/h3-8,12,19-20,24,34-36H,2,9-11,13H2,1H3/t19-,20-,24?,25-,26?/m0/s1. The van der Waals surface area contributed by atoms with E-state index in [1.165, 1.54) is 12.1 Å². The number of phenolic OH excluding ortho intramolecular Hbond substituents is 1. The molecule has 3 aliphatic carbocycles. The molecule has 5 atom stereocenters. The highest BCUT2D eigenvalue weighted by Crippen LogP contribution is 2.71. The number of aliphatic hydroxyl groups excluding tert-OH is 1. The van der Waals surface area contributed by atoms with Crippen LogP contribution in [0.2, 0.25) is 0 Å². The number of nitrogens with zero attached hydrogens (tertiary/aromatic N) is 3. The van der Waals surface area contributed by atoms with E-state index in [0.717, 1.165) is 28.8 Å². The van der Waals surface area contributed by atoms with Gasteiger partial charge >= 0.3 is 6.18 Å². The van der Waals surface area contributed by atoms with Crippen molar-refractivity contribution in [1.82, 2.24) is 15.0 Å². The second-order valence-corrected chi connectivity index (χ2v) is 10.5. The molecule has 0 aliphatic heterocycles. The molecule has 0 radical (unpaired) electrons. The average Bonchev–Trinajstić information content (AvgIpc) is 3.45. The summed E-state index contributed by atoms with van der Waals surface area (Å²) in [6.45, 7) is 6.23. The smallest absolute Gasteiger partial charge is 0.416 e. The van der Waals surface area contributed by atoms with Gasteiger partial charge in [0.2, 0.25) is 0 Å². The fourth-order valence-electron chi connectivity index (χ4n) is 7.08. The lowest BCUT2D eigenvalue weighted by Gasteiger charge is -2.43. The van der Waals surface area contributed by atoms with Gasteiger partial charge in [-0.3, -0.25) is 4.68 Å². The predicted octanol–water partition coefficient (Wildman–Crippen LogP) is 4.69. The predicted molar refractivity (Wildman–Crippen MR) is 125 cm³/mol. The Morgan fingerprint density at radius 3 is 2.58 bits per heavy atom. The van der Waals surface area contributed by atoms with Gasteiger partial charge in [0, 0.05) is 16.9 Å². The molecule has 36 heavy (non-hydrogen) atoms.